The average molecular weight is 454 g/mol. The lowest BCUT2D eigenvalue weighted by Gasteiger charge is -2.35. The fourth-order valence-electron chi connectivity index (χ4n) is 4.34. The summed E-state index contributed by atoms with van der Waals surface area (Å²) in [6.07, 6.45) is 2.80. The summed E-state index contributed by atoms with van der Waals surface area (Å²) in [5, 5.41) is 0. The number of nitrogens with zero attached hydrogens (tertiary/aromatic N) is 3. The number of ether oxygens (including phenoxy) is 1. The second-order valence-corrected chi connectivity index (χ2v) is 11.2. The van der Waals surface area contributed by atoms with Crippen LogP contribution in [0.25, 0.3) is 0 Å². The number of rotatable bonds is 5. The van der Waals surface area contributed by atoms with Crippen LogP contribution in [-0.2, 0) is 14.8 Å². The molecule has 3 saturated heterocycles. The van der Waals surface area contributed by atoms with Crippen LogP contribution in [0.4, 0.5) is 0 Å². The molecule has 4 rings (SSSR count). The van der Waals surface area contributed by atoms with Crippen LogP contribution in [0.1, 0.15) is 29.6 Å². The zero-order valence-corrected chi connectivity index (χ0v) is 19.0. The number of morpholine rings is 1. The molecule has 9 heteroatoms. The monoisotopic (exact) mass is 453 g/mol. The molecule has 3 aliphatic heterocycles. The molecule has 7 nitrogen and oxygen atoms in total. The van der Waals surface area contributed by atoms with Gasteiger partial charge in [0.25, 0.3) is 5.91 Å². The first-order chi connectivity index (χ1) is 14.6. The molecule has 1 unspecified atom stereocenters. The van der Waals surface area contributed by atoms with Crippen LogP contribution in [0, 0.1) is 0 Å². The highest BCUT2D eigenvalue weighted by molar-refractivity contribution is 7.99. The molecule has 1 amide bonds. The Balaban J connectivity index is 1.48. The van der Waals surface area contributed by atoms with Gasteiger partial charge in [-0.3, -0.25) is 9.69 Å². The summed E-state index contributed by atoms with van der Waals surface area (Å²) < 4.78 is 32.5. The molecule has 0 spiro atoms. The van der Waals surface area contributed by atoms with Gasteiger partial charge >= 0.3 is 0 Å². The van der Waals surface area contributed by atoms with Crippen molar-refractivity contribution in [2.45, 2.75) is 30.2 Å². The Morgan fingerprint density at radius 1 is 1.00 bits per heavy atom. The second-order valence-electron chi connectivity index (χ2n) is 8.13. The molecule has 0 aromatic heterocycles. The van der Waals surface area contributed by atoms with Gasteiger partial charge in [0.1, 0.15) is 0 Å². The van der Waals surface area contributed by atoms with E-state index in [1.54, 1.807) is 24.3 Å². The number of carbonyl (C=O) groups excluding carboxylic acids is 1. The third kappa shape index (κ3) is 5.02. The highest BCUT2D eigenvalue weighted by atomic mass is 32.2. The van der Waals surface area contributed by atoms with Crippen molar-refractivity contribution in [1.82, 2.24) is 14.1 Å². The van der Waals surface area contributed by atoms with E-state index in [1.807, 2.05) is 16.7 Å². The minimum Gasteiger partial charge on any atom is -0.379 e. The van der Waals surface area contributed by atoms with Crippen molar-refractivity contribution in [3.05, 3.63) is 29.8 Å². The van der Waals surface area contributed by atoms with Crippen molar-refractivity contribution in [3.8, 4) is 0 Å². The van der Waals surface area contributed by atoms with Gasteiger partial charge in [0.05, 0.1) is 24.2 Å². The molecule has 1 atom stereocenters. The van der Waals surface area contributed by atoms with Crippen molar-refractivity contribution in [2.24, 2.45) is 0 Å². The Kier molecular flexibility index (Phi) is 7.36. The van der Waals surface area contributed by atoms with E-state index in [-0.39, 0.29) is 16.8 Å². The van der Waals surface area contributed by atoms with Crippen LogP contribution in [0.3, 0.4) is 0 Å². The third-order valence-electron chi connectivity index (χ3n) is 6.08. The first-order valence-electron chi connectivity index (χ1n) is 10.8. The maximum Gasteiger partial charge on any atom is 0.254 e. The van der Waals surface area contributed by atoms with E-state index in [9.17, 15) is 13.2 Å². The number of thioether (sulfide) groups is 1. The van der Waals surface area contributed by atoms with Crippen LogP contribution in [0.5, 0.6) is 0 Å². The van der Waals surface area contributed by atoms with Crippen molar-refractivity contribution in [1.29, 1.82) is 0 Å². The molecular formula is C21H31N3O4S2. The van der Waals surface area contributed by atoms with E-state index in [0.29, 0.717) is 18.7 Å². The van der Waals surface area contributed by atoms with E-state index in [4.69, 9.17) is 4.74 Å². The number of sulfonamides is 1. The van der Waals surface area contributed by atoms with E-state index < -0.39 is 10.0 Å². The smallest absolute Gasteiger partial charge is 0.254 e. The molecule has 0 saturated carbocycles. The van der Waals surface area contributed by atoms with Crippen molar-refractivity contribution >= 4 is 27.7 Å². The van der Waals surface area contributed by atoms with E-state index in [1.165, 1.54) is 4.31 Å². The summed E-state index contributed by atoms with van der Waals surface area (Å²) in [7, 11) is -3.46. The minimum absolute atomic E-state index is 0.000815. The van der Waals surface area contributed by atoms with Gasteiger partial charge in [0, 0.05) is 50.6 Å². The van der Waals surface area contributed by atoms with Gasteiger partial charge in [-0.25, -0.2) is 8.42 Å². The number of hydrogen-bond donors (Lipinski definition) is 0. The fourth-order valence-corrected chi connectivity index (χ4v) is 6.92. The molecule has 3 fully saturated rings. The van der Waals surface area contributed by atoms with Crippen LogP contribution in [-0.4, -0.2) is 98.5 Å². The predicted octanol–water partition coefficient (Wildman–Crippen LogP) is 1.75. The first kappa shape index (κ1) is 22.1. The normalized spacial score (nSPS) is 24.7. The van der Waals surface area contributed by atoms with Gasteiger partial charge in [-0.2, -0.15) is 16.1 Å². The maximum absolute atomic E-state index is 13.3. The van der Waals surface area contributed by atoms with Crippen LogP contribution >= 0.6 is 11.8 Å². The Morgan fingerprint density at radius 2 is 1.70 bits per heavy atom. The Hall–Kier alpha value is -1.13. The zero-order valence-electron chi connectivity index (χ0n) is 17.4. The van der Waals surface area contributed by atoms with Gasteiger partial charge in [0.15, 0.2) is 0 Å². The van der Waals surface area contributed by atoms with Crippen molar-refractivity contribution in [3.63, 3.8) is 0 Å². The van der Waals surface area contributed by atoms with Crippen molar-refractivity contribution in [2.75, 3.05) is 64.0 Å². The molecule has 0 bridgehead atoms. The van der Waals surface area contributed by atoms with Crippen molar-refractivity contribution < 1.29 is 17.9 Å². The number of benzene rings is 1. The highest BCUT2D eigenvalue weighted by Crippen LogP contribution is 2.23. The standard InChI is InChI=1S/C21H31N3O4S2/c25-21(18-4-6-20(7-5-18)30(26,27)23-8-1-2-9-23)24-10-3-15-29-17-19(24)16-22-11-13-28-14-12-22/h4-7,19H,1-3,8-17H2. The van der Waals surface area contributed by atoms with Crippen LogP contribution < -0.4 is 0 Å². The first-order valence-corrected chi connectivity index (χ1v) is 13.4. The number of hydrogen-bond acceptors (Lipinski definition) is 6. The van der Waals surface area contributed by atoms with Gasteiger partial charge < -0.3 is 9.64 Å². The summed E-state index contributed by atoms with van der Waals surface area (Å²) in [4.78, 5) is 18.0. The largest absolute Gasteiger partial charge is 0.379 e. The van der Waals surface area contributed by atoms with E-state index in [0.717, 1.165) is 70.2 Å². The van der Waals surface area contributed by atoms with E-state index >= 15 is 0 Å². The zero-order chi connectivity index (χ0) is 21.0. The molecule has 0 N–H and O–H groups in total. The predicted molar refractivity (Wildman–Crippen MR) is 118 cm³/mol. The van der Waals surface area contributed by atoms with Gasteiger partial charge in [0.2, 0.25) is 10.0 Å². The average Bonchev–Trinajstić information content (AvgIpc) is 3.23. The van der Waals surface area contributed by atoms with Gasteiger partial charge in [-0.05, 0) is 49.3 Å². The summed E-state index contributed by atoms with van der Waals surface area (Å²) in [5.74, 6) is 2.00. The Labute approximate surface area is 183 Å². The summed E-state index contributed by atoms with van der Waals surface area (Å²) in [6, 6.07) is 6.69. The molecule has 166 valence electrons. The number of carbonyl (C=O) groups is 1. The molecule has 3 aliphatic rings. The van der Waals surface area contributed by atoms with Gasteiger partial charge in [-0.15, -0.1) is 0 Å². The molecule has 1 aromatic carbocycles. The Bertz CT molecular complexity index is 819. The molecule has 0 aliphatic carbocycles. The Morgan fingerprint density at radius 3 is 2.40 bits per heavy atom. The summed E-state index contributed by atoms with van der Waals surface area (Å²) >= 11 is 1.91. The number of amides is 1. The SMILES string of the molecule is O=C(c1ccc(S(=O)(=O)N2CCCC2)cc1)N1CCCSCC1CN1CCOCC1. The maximum atomic E-state index is 13.3. The second kappa shape index (κ2) is 9.99. The quantitative estimate of drug-likeness (QED) is 0.677. The molecule has 3 heterocycles. The minimum atomic E-state index is -3.46. The highest BCUT2D eigenvalue weighted by Gasteiger charge is 2.30. The van der Waals surface area contributed by atoms with E-state index in [2.05, 4.69) is 4.90 Å². The molecular weight excluding hydrogens is 422 g/mol. The topological polar surface area (TPSA) is 70.2 Å². The molecule has 0 radical (unpaired) electrons. The third-order valence-corrected chi connectivity index (χ3v) is 9.19. The fraction of sp³-hybridized carbons (Fsp3) is 0.667. The molecule has 30 heavy (non-hydrogen) atoms. The lowest BCUT2D eigenvalue weighted by molar-refractivity contribution is 0.0245. The van der Waals surface area contributed by atoms with Gasteiger partial charge in [-0.1, -0.05) is 0 Å². The lowest BCUT2D eigenvalue weighted by atomic mass is 10.1. The summed E-state index contributed by atoms with van der Waals surface area (Å²) in [6.45, 7) is 6.09. The summed E-state index contributed by atoms with van der Waals surface area (Å²) in [5.41, 5.74) is 0.564. The lowest BCUT2D eigenvalue weighted by Crippen LogP contribution is -2.50. The molecule has 1 aromatic rings. The van der Waals surface area contributed by atoms with Crippen LogP contribution in [0.2, 0.25) is 0 Å². The van der Waals surface area contributed by atoms with Crippen LogP contribution in [0.15, 0.2) is 29.2 Å².